The third-order valence-corrected chi connectivity index (χ3v) is 3.00. The van der Waals surface area contributed by atoms with Gasteiger partial charge in [-0.2, -0.15) is 0 Å². The monoisotopic (exact) mass is 304 g/mol. The molecule has 0 aliphatic heterocycles. The molecule has 2 rings (SSSR count). The minimum atomic E-state index is -0.204. The average molecular weight is 305 g/mol. The molecule has 0 spiro atoms. The molecule has 5 heteroatoms. The Labute approximate surface area is 129 Å². The second-order valence-electron chi connectivity index (χ2n) is 5.04. The molecule has 1 aromatic carbocycles. The Hall–Kier alpha value is -2.07. The van der Waals surface area contributed by atoms with E-state index in [1.54, 1.807) is 42.7 Å². The molecule has 0 atom stereocenters. The van der Waals surface area contributed by atoms with Crippen LogP contribution in [0.3, 0.4) is 0 Å². The average Bonchev–Trinajstić information content (AvgIpc) is 2.47. The van der Waals surface area contributed by atoms with Crippen LogP contribution in [-0.4, -0.2) is 17.5 Å². The van der Waals surface area contributed by atoms with Crippen LogP contribution >= 0.6 is 11.6 Å². The van der Waals surface area contributed by atoms with Crippen LogP contribution in [0.25, 0.3) is 0 Å². The minimum Gasteiger partial charge on any atom is -0.492 e. The largest absolute Gasteiger partial charge is 0.492 e. The highest BCUT2D eigenvalue weighted by Gasteiger charge is 2.08. The van der Waals surface area contributed by atoms with Crippen molar-refractivity contribution in [2.24, 2.45) is 5.92 Å². The van der Waals surface area contributed by atoms with Crippen LogP contribution in [0.5, 0.6) is 5.75 Å². The lowest BCUT2D eigenvalue weighted by Crippen LogP contribution is -2.12. The van der Waals surface area contributed by atoms with Crippen molar-refractivity contribution < 1.29 is 9.53 Å². The molecule has 2 aromatic rings. The van der Waals surface area contributed by atoms with E-state index < -0.39 is 0 Å². The zero-order chi connectivity index (χ0) is 15.2. The summed E-state index contributed by atoms with van der Waals surface area (Å²) in [5.74, 6) is 0.837. The second kappa shape index (κ2) is 7.09. The van der Waals surface area contributed by atoms with Crippen molar-refractivity contribution in [3.63, 3.8) is 0 Å². The van der Waals surface area contributed by atoms with Gasteiger partial charge in [-0.05, 0) is 36.2 Å². The number of ether oxygens (including phenoxy) is 1. The molecule has 0 aliphatic carbocycles. The molecular formula is C16H17ClN2O2. The first-order valence-corrected chi connectivity index (χ1v) is 7.08. The quantitative estimate of drug-likeness (QED) is 0.907. The molecule has 0 radical (unpaired) electrons. The van der Waals surface area contributed by atoms with E-state index in [2.05, 4.69) is 24.1 Å². The Morgan fingerprint density at radius 1 is 1.29 bits per heavy atom. The van der Waals surface area contributed by atoms with Crippen molar-refractivity contribution in [2.75, 3.05) is 11.9 Å². The number of rotatable bonds is 5. The maximum absolute atomic E-state index is 12.0. The molecule has 0 unspecified atom stereocenters. The molecule has 110 valence electrons. The number of amides is 1. The van der Waals surface area contributed by atoms with Gasteiger partial charge in [0.2, 0.25) is 0 Å². The van der Waals surface area contributed by atoms with Crippen molar-refractivity contribution >= 4 is 23.2 Å². The van der Waals surface area contributed by atoms with Gasteiger partial charge in [-0.1, -0.05) is 25.4 Å². The molecule has 4 nitrogen and oxygen atoms in total. The highest BCUT2D eigenvalue weighted by atomic mass is 35.5. The predicted octanol–water partition coefficient (Wildman–Crippen LogP) is 4.02. The van der Waals surface area contributed by atoms with Crippen molar-refractivity contribution in [3.8, 4) is 5.75 Å². The molecule has 21 heavy (non-hydrogen) atoms. The van der Waals surface area contributed by atoms with Crippen molar-refractivity contribution in [2.45, 2.75) is 13.8 Å². The minimum absolute atomic E-state index is 0.204. The number of benzene rings is 1. The summed E-state index contributed by atoms with van der Waals surface area (Å²) < 4.78 is 5.59. The fourth-order valence-corrected chi connectivity index (χ4v) is 1.89. The summed E-state index contributed by atoms with van der Waals surface area (Å²) in [6.07, 6.45) is 3.15. The number of carbonyl (C=O) groups is 1. The Morgan fingerprint density at radius 3 is 2.62 bits per heavy atom. The first-order chi connectivity index (χ1) is 10.1. The Bertz CT molecular complexity index is 615. The zero-order valence-corrected chi connectivity index (χ0v) is 12.7. The van der Waals surface area contributed by atoms with Crippen LogP contribution in [0.2, 0.25) is 5.02 Å². The van der Waals surface area contributed by atoms with Gasteiger partial charge in [-0.3, -0.25) is 9.78 Å². The van der Waals surface area contributed by atoms with E-state index in [0.29, 0.717) is 34.5 Å². The highest BCUT2D eigenvalue weighted by molar-refractivity contribution is 6.32. The van der Waals surface area contributed by atoms with Crippen LogP contribution in [0.15, 0.2) is 42.7 Å². The molecule has 1 aromatic heterocycles. The lowest BCUT2D eigenvalue weighted by Gasteiger charge is -2.12. The van der Waals surface area contributed by atoms with Crippen molar-refractivity contribution in [3.05, 3.63) is 53.3 Å². The van der Waals surface area contributed by atoms with Crippen LogP contribution in [0, 0.1) is 5.92 Å². The molecule has 0 fully saturated rings. The fraction of sp³-hybridized carbons (Fsp3) is 0.250. The molecule has 0 bridgehead atoms. The zero-order valence-electron chi connectivity index (χ0n) is 12.0. The summed E-state index contributed by atoms with van der Waals surface area (Å²) in [5, 5.41) is 3.26. The van der Waals surface area contributed by atoms with Crippen LogP contribution in [-0.2, 0) is 0 Å². The maximum atomic E-state index is 12.0. The van der Waals surface area contributed by atoms with Crippen LogP contribution in [0.1, 0.15) is 24.2 Å². The summed E-state index contributed by atoms with van der Waals surface area (Å²) in [6, 6.07) is 8.50. The number of pyridine rings is 1. The fourth-order valence-electron chi connectivity index (χ4n) is 1.66. The number of carbonyl (C=O) groups excluding carboxylic acids is 1. The van der Waals surface area contributed by atoms with Gasteiger partial charge >= 0.3 is 0 Å². The Balaban J connectivity index is 2.05. The summed E-state index contributed by atoms with van der Waals surface area (Å²) in [6.45, 7) is 4.73. The van der Waals surface area contributed by atoms with Gasteiger partial charge < -0.3 is 10.1 Å². The number of nitrogens with zero attached hydrogens (tertiary/aromatic N) is 1. The molecule has 1 amide bonds. The summed E-state index contributed by atoms with van der Waals surface area (Å²) >= 11 is 6.16. The van der Waals surface area contributed by atoms with E-state index in [1.807, 2.05) is 0 Å². The van der Waals surface area contributed by atoms with Gasteiger partial charge in [-0.15, -0.1) is 0 Å². The van der Waals surface area contributed by atoms with Gasteiger partial charge in [0.05, 0.1) is 11.6 Å². The van der Waals surface area contributed by atoms with Gasteiger partial charge in [-0.25, -0.2) is 0 Å². The van der Waals surface area contributed by atoms with E-state index in [9.17, 15) is 4.79 Å². The number of hydrogen-bond acceptors (Lipinski definition) is 3. The van der Waals surface area contributed by atoms with E-state index >= 15 is 0 Å². The van der Waals surface area contributed by atoms with E-state index in [0.717, 1.165) is 0 Å². The van der Waals surface area contributed by atoms with E-state index in [1.165, 1.54) is 0 Å². The molecule has 0 aliphatic rings. The number of hydrogen-bond donors (Lipinski definition) is 1. The lowest BCUT2D eigenvalue weighted by molar-refractivity contribution is 0.102. The third-order valence-electron chi connectivity index (χ3n) is 2.70. The number of halogens is 1. The first-order valence-electron chi connectivity index (χ1n) is 6.70. The maximum Gasteiger partial charge on any atom is 0.255 e. The topological polar surface area (TPSA) is 51.2 Å². The predicted molar refractivity (Wildman–Crippen MR) is 84.0 cm³/mol. The summed E-state index contributed by atoms with van der Waals surface area (Å²) in [5.41, 5.74) is 1.17. The second-order valence-corrected chi connectivity index (χ2v) is 5.45. The normalized spacial score (nSPS) is 10.5. The number of aromatic nitrogens is 1. The SMILES string of the molecule is CC(C)COc1ccc(NC(=O)c2ccncc2)cc1Cl. The van der Waals surface area contributed by atoms with E-state index in [4.69, 9.17) is 16.3 Å². The van der Waals surface area contributed by atoms with Crippen molar-refractivity contribution in [1.82, 2.24) is 4.98 Å². The van der Waals surface area contributed by atoms with Gasteiger partial charge in [0.25, 0.3) is 5.91 Å². The number of nitrogens with one attached hydrogen (secondary N) is 1. The number of anilines is 1. The van der Waals surface area contributed by atoms with Gasteiger partial charge in [0.15, 0.2) is 0 Å². The highest BCUT2D eigenvalue weighted by Crippen LogP contribution is 2.28. The standard InChI is InChI=1S/C16H17ClN2O2/c1-11(2)10-21-15-4-3-13(9-14(15)17)19-16(20)12-5-7-18-8-6-12/h3-9,11H,10H2,1-2H3,(H,19,20). The summed E-state index contributed by atoms with van der Waals surface area (Å²) in [4.78, 5) is 15.9. The lowest BCUT2D eigenvalue weighted by atomic mass is 10.2. The van der Waals surface area contributed by atoms with E-state index in [-0.39, 0.29) is 5.91 Å². The van der Waals surface area contributed by atoms with Crippen molar-refractivity contribution in [1.29, 1.82) is 0 Å². The van der Waals surface area contributed by atoms with Crippen LogP contribution < -0.4 is 10.1 Å². The Morgan fingerprint density at radius 2 is 2.00 bits per heavy atom. The van der Waals surface area contributed by atoms with Crippen LogP contribution in [0.4, 0.5) is 5.69 Å². The summed E-state index contributed by atoms with van der Waals surface area (Å²) in [7, 11) is 0. The molecule has 0 saturated heterocycles. The molecule has 1 heterocycles. The molecule has 0 saturated carbocycles. The molecular weight excluding hydrogens is 288 g/mol. The first kappa shape index (κ1) is 15.3. The molecule has 1 N–H and O–H groups in total. The Kier molecular flexibility index (Phi) is 5.17. The smallest absolute Gasteiger partial charge is 0.255 e. The third kappa shape index (κ3) is 4.46. The van der Waals surface area contributed by atoms with Gasteiger partial charge in [0.1, 0.15) is 5.75 Å². The van der Waals surface area contributed by atoms with Gasteiger partial charge in [0, 0.05) is 23.6 Å².